The number of carbonyl (C=O) groups excluding carboxylic acids is 1. The number of amides is 1. The summed E-state index contributed by atoms with van der Waals surface area (Å²) >= 11 is 3.53. The first kappa shape index (κ1) is 14.8. The highest BCUT2D eigenvalue weighted by Crippen LogP contribution is 2.26. The Balaban J connectivity index is 1.94. The van der Waals surface area contributed by atoms with Gasteiger partial charge in [0.15, 0.2) is 0 Å². The molecule has 1 heterocycles. The van der Waals surface area contributed by atoms with Crippen LogP contribution in [0.1, 0.15) is 21.7 Å². The van der Waals surface area contributed by atoms with Crippen LogP contribution in [0.2, 0.25) is 0 Å². The van der Waals surface area contributed by atoms with Crippen molar-refractivity contribution in [3.05, 3.63) is 57.8 Å². The van der Waals surface area contributed by atoms with E-state index in [-0.39, 0.29) is 5.91 Å². The first-order valence-electron chi connectivity index (χ1n) is 6.97. The van der Waals surface area contributed by atoms with Crippen molar-refractivity contribution in [1.82, 2.24) is 9.78 Å². The van der Waals surface area contributed by atoms with Gasteiger partial charge in [-0.25, -0.2) is 0 Å². The molecular weight excluding hydrogens is 342 g/mol. The van der Waals surface area contributed by atoms with Gasteiger partial charge in [0.25, 0.3) is 5.91 Å². The second-order valence-corrected chi connectivity index (χ2v) is 6.15. The molecule has 0 radical (unpaired) electrons. The summed E-state index contributed by atoms with van der Waals surface area (Å²) in [7, 11) is 1.84. The minimum atomic E-state index is -0.127. The zero-order valence-electron chi connectivity index (χ0n) is 12.6. The summed E-state index contributed by atoms with van der Waals surface area (Å²) in [5.74, 6) is -0.127. The summed E-state index contributed by atoms with van der Waals surface area (Å²) in [5, 5.41) is 9.44. The second kappa shape index (κ2) is 5.57. The highest BCUT2D eigenvalue weighted by Gasteiger charge is 2.17. The molecule has 0 atom stereocenters. The Bertz CT molecular complexity index is 883. The van der Waals surface area contributed by atoms with Crippen molar-refractivity contribution < 1.29 is 4.79 Å². The van der Waals surface area contributed by atoms with E-state index < -0.39 is 0 Å². The largest absolute Gasteiger partial charge is 0.322 e. The van der Waals surface area contributed by atoms with Gasteiger partial charge in [-0.05, 0) is 42.8 Å². The lowest BCUT2D eigenvalue weighted by atomic mass is 10.1. The van der Waals surface area contributed by atoms with Crippen LogP contribution in [0.15, 0.2) is 40.9 Å². The molecule has 22 heavy (non-hydrogen) atoms. The third-order valence-corrected chi connectivity index (χ3v) is 4.51. The molecule has 1 N–H and O–H groups in total. The number of anilines is 1. The van der Waals surface area contributed by atoms with E-state index in [0.717, 1.165) is 32.3 Å². The number of halogens is 1. The first-order chi connectivity index (χ1) is 10.5. The van der Waals surface area contributed by atoms with Crippen molar-refractivity contribution in [2.24, 2.45) is 7.05 Å². The lowest BCUT2D eigenvalue weighted by Gasteiger charge is -2.08. The Morgan fingerprint density at radius 3 is 2.68 bits per heavy atom. The number of fused-ring (bicyclic) bond motifs is 1. The van der Waals surface area contributed by atoms with Gasteiger partial charge in [-0.15, -0.1) is 0 Å². The van der Waals surface area contributed by atoms with Gasteiger partial charge in [0, 0.05) is 22.9 Å². The number of nitrogens with zero attached hydrogens (tertiary/aromatic N) is 2. The number of carbonyl (C=O) groups is 1. The molecule has 0 saturated carbocycles. The Morgan fingerprint density at radius 1 is 1.23 bits per heavy atom. The lowest BCUT2D eigenvalue weighted by Crippen LogP contribution is -2.14. The molecule has 1 amide bonds. The van der Waals surface area contributed by atoms with Gasteiger partial charge < -0.3 is 5.32 Å². The Labute approximate surface area is 137 Å². The van der Waals surface area contributed by atoms with Crippen LogP contribution >= 0.6 is 15.9 Å². The molecule has 0 aliphatic rings. The van der Waals surface area contributed by atoms with Gasteiger partial charge in [-0.3, -0.25) is 9.48 Å². The van der Waals surface area contributed by atoms with Crippen molar-refractivity contribution in [1.29, 1.82) is 0 Å². The first-order valence-corrected chi connectivity index (χ1v) is 7.76. The van der Waals surface area contributed by atoms with Crippen LogP contribution in [0.25, 0.3) is 10.8 Å². The quantitative estimate of drug-likeness (QED) is 0.746. The molecule has 0 fully saturated rings. The van der Waals surface area contributed by atoms with Crippen molar-refractivity contribution in [2.75, 3.05) is 5.32 Å². The van der Waals surface area contributed by atoms with Crippen molar-refractivity contribution >= 4 is 38.3 Å². The average Bonchev–Trinajstić information content (AvgIpc) is 2.72. The zero-order valence-corrected chi connectivity index (χ0v) is 14.2. The maximum absolute atomic E-state index is 12.5. The number of hydrogen-bond donors (Lipinski definition) is 1. The Hall–Kier alpha value is -2.14. The maximum Gasteiger partial charge on any atom is 0.259 e. The number of benzene rings is 2. The minimum absolute atomic E-state index is 0.127. The predicted molar refractivity (Wildman–Crippen MR) is 92.3 cm³/mol. The van der Waals surface area contributed by atoms with Crippen LogP contribution in [0.3, 0.4) is 0 Å². The van der Waals surface area contributed by atoms with Gasteiger partial charge in [0.2, 0.25) is 0 Å². The molecule has 5 heteroatoms. The highest BCUT2D eigenvalue weighted by molar-refractivity contribution is 9.10. The van der Waals surface area contributed by atoms with Gasteiger partial charge >= 0.3 is 0 Å². The third-order valence-electron chi connectivity index (χ3n) is 3.82. The van der Waals surface area contributed by atoms with Crippen molar-refractivity contribution in [3.8, 4) is 0 Å². The zero-order chi connectivity index (χ0) is 15.9. The standard InChI is InChI=1S/C17H16BrN3O/c1-10-16(11(2)21(3)20-10)17(22)19-13-7-8-14-12(9-13)5-4-6-15(14)18/h4-9H,1-3H3,(H,19,22). The number of aryl methyl sites for hydroxylation is 2. The fourth-order valence-corrected chi connectivity index (χ4v) is 3.13. The van der Waals surface area contributed by atoms with Crippen LogP contribution in [0, 0.1) is 13.8 Å². The molecule has 0 unspecified atom stereocenters. The number of nitrogens with one attached hydrogen (secondary N) is 1. The molecule has 0 aliphatic heterocycles. The van der Waals surface area contributed by atoms with E-state index in [9.17, 15) is 4.79 Å². The third kappa shape index (κ3) is 2.52. The van der Waals surface area contributed by atoms with Gasteiger partial charge in [0.05, 0.1) is 11.3 Å². The normalized spacial score (nSPS) is 10.9. The topological polar surface area (TPSA) is 46.9 Å². The molecular formula is C17H16BrN3O. The van der Waals surface area contributed by atoms with Crippen molar-refractivity contribution in [2.45, 2.75) is 13.8 Å². The van der Waals surface area contributed by atoms with E-state index in [0.29, 0.717) is 5.56 Å². The van der Waals surface area contributed by atoms with E-state index in [1.807, 2.05) is 57.3 Å². The Morgan fingerprint density at radius 2 is 2.00 bits per heavy atom. The predicted octanol–water partition coefficient (Wildman–Crippen LogP) is 4.20. The summed E-state index contributed by atoms with van der Waals surface area (Å²) in [6.07, 6.45) is 0. The Kier molecular flexibility index (Phi) is 3.74. The molecule has 4 nitrogen and oxygen atoms in total. The molecule has 0 spiro atoms. The maximum atomic E-state index is 12.5. The van der Waals surface area contributed by atoms with Gasteiger partial charge in [-0.1, -0.05) is 34.1 Å². The van der Waals surface area contributed by atoms with Crippen LogP contribution in [0.5, 0.6) is 0 Å². The van der Waals surface area contributed by atoms with Gasteiger partial charge in [-0.2, -0.15) is 5.10 Å². The summed E-state index contributed by atoms with van der Waals surface area (Å²) in [5.41, 5.74) is 3.01. The summed E-state index contributed by atoms with van der Waals surface area (Å²) < 4.78 is 2.77. The van der Waals surface area contributed by atoms with Crippen LogP contribution < -0.4 is 5.32 Å². The van der Waals surface area contributed by atoms with E-state index in [1.54, 1.807) is 4.68 Å². The lowest BCUT2D eigenvalue weighted by molar-refractivity contribution is 0.102. The second-order valence-electron chi connectivity index (χ2n) is 5.30. The van der Waals surface area contributed by atoms with Crippen molar-refractivity contribution in [3.63, 3.8) is 0 Å². The number of rotatable bonds is 2. The smallest absolute Gasteiger partial charge is 0.259 e. The molecule has 1 aromatic heterocycles. The SMILES string of the molecule is Cc1nn(C)c(C)c1C(=O)Nc1ccc2c(Br)cccc2c1. The fourth-order valence-electron chi connectivity index (χ4n) is 2.62. The monoisotopic (exact) mass is 357 g/mol. The van der Waals surface area contributed by atoms with Crippen LogP contribution in [0.4, 0.5) is 5.69 Å². The van der Waals surface area contributed by atoms with E-state index >= 15 is 0 Å². The highest BCUT2D eigenvalue weighted by atomic mass is 79.9. The minimum Gasteiger partial charge on any atom is -0.322 e. The number of hydrogen-bond acceptors (Lipinski definition) is 2. The van der Waals surface area contributed by atoms with Crippen LogP contribution in [-0.4, -0.2) is 15.7 Å². The van der Waals surface area contributed by atoms with Gasteiger partial charge in [0.1, 0.15) is 0 Å². The van der Waals surface area contributed by atoms with E-state index in [1.165, 1.54) is 0 Å². The molecule has 2 aromatic carbocycles. The molecule has 0 bridgehead atoms. The molecule has 0 saturated heterocycles. The number of aromatic nitrogens is 2. The average molecular weight is 358 g/mol. The summed E-state index contributed by atoms with van der Waals surface area (Å²) in [6.45, 7) is 3.74. The van der Waals surface area contributed by atoms with Crippen LogP contribution in [-0.2, 0) is 7.05 Å². The van der Waals surface area contributed by atoms with E-state index in [4.69, 9.17) is 0 Å². The summed E-state index contributed by atoms with van der Waals surface area (Å²) in [4.78, 5) is 12.5. The molecule has 112 valence electrons. The molecule has 3 aromatic rings. The fraction of sp³-hybridized carbons (Fsp3) is 0.176. The molecule has 0 aliphatic carbocycles. The summed E-state index contributed by atoms with van der Waals surface area (Å²) in [6, 6.07) is 11.9. The molecule has 3 rings (SSSR count). The van der Waals surface area contributed by atoms with E-state index in [2.05, 4.69) is 26.3 Å².